The molecule has 2 fully saturated rings. The molecule has 2 atom stereocenters. The van der Waals surface area contributed by atoms with Crippen molar-refractivity contribution in [3.63, 3.8) is 0 Å². The molecule has 1 aromatic carbocycles. The molecule has 138 valence electrons. The van der Waals surface area contributed by atoms with E-state index in [1.54, 1.807) is 6.07 Å². The quantitative estimate of drug-likeness (QED) is 0.633. The van der Waals surface area contributed by atoms with Gasteiger partial charge in [-0.25, -0.2) is 4.39 Å². The van der Waals surface area contributed by atoms with Crippen molar-refractivity contribution in [2.75, 3.05) is 18.5 Å². The number of hydrogen-bond donors (Lipinski definition) is 1. The highest BCUT2D eigenvalue weighted by Gasteiger charge is 2.48. The van der Waals surface area contributed by atoms with Crippen LogP contribution in [-0.4, -0.2) is 41.7 Å². The van der Waals surface area contributed by atoms with Crippen molar-refractivity contribution >= 4 is 29.4 Å². The molecule has 1 saturated heterocycles. The summed E-state index contributed by atoms with van der Waals surface area (Å²) in [5.41, 5.74) is -0.0254. The first-order chi connectivity index (χ1) is 12.5. The van der Waals surface area contributed by atoms with Gasteiger partial charge >= 0.3 is 5.97 Å². The van der Waals surface area contributed by atoms with Crippen LogP contribution in [0.15, 0.2) is 24.3 Å². The summed E-state index contributed by atoms with van der Waals surface area (Å²) in [6.45, 7) is -1.13. The van der Waals surface area contributed by atoms with Gasteiger partial charge in [0.2, 0.25) is 11.8 Å². The number of esters is 1. The number of amides is 3. The Labute approximate surface area is 149 Å². The molecule has 8 heteroatoms. The smallest absolute Gasteiger partial charge is 0.326 e. The van der Waals surface area contributed by atoms with Gasteiger partial charge in [-0.1, -0.05) is 25.0 Å². The van der Waals surface area contributed by atoms with Crippen LogP contribution in [0.25, 0.3) is 0 Å². The van der Waals surface area contributed by atoms with E-state index in [1.807, 2.05) is 0 Å². The second-order valence-corrected chi connectivity index (χ2v) is 6.45. The van der Waals surface area contributed by atoms with E-state index in [1.165, 1.54) is 18.2 Å². The number of anilines is 1. The maximum atomic E-state index is 13.4. The zero-order valence-electron chi connectivity index (χ0n) is 14.1. The summed E-state index contributed by atoms with van der Waals surface area (Å²) >= 11 is 0. The molecule has 7 nitrogen and oxygen atoms in total. The van der Waals surface area contributed by atoms with Crippen LogP contribution < -0.4 is 5.32 Å². The van der Waals surface area contributed by atoms with Gasteiger partial charge in [0.15, 0.2) is 6.61 Å². The maximum absolute atomic E-state index is 13.4. The Morgan fingerprint density at radius 3 is 2.35 bits per heavy atom. The van der Waals surface area contributed by atoms with Gasteiger partial charge in [0.1, 0.15) is 12.4 Å². The van der Waals surface area contributed by atoms with Crippen molar-refractivity contribution < 1.29 is 28.3 Å². The average Bonchev–Trinajstić information content (AvgIpc) is 2.87. The molecule has 0 bridgehead atoms. The lowest BCUT2D eigenvalue weighted by atomic mass is 9.81. The molecule has 1 heterocycles. The average molecular weight is 362 g/mol. The summed E-state index contributed by atoms with van der Waals surface area (Å²) in [7, 11) is 0. The van der Waals surface area contributed by atoms with E-state index in [4.69, 9.17) is 4.74 Å². The highest BCUT2D eigenvalue weighted by molar-refractivity contribution is 6.07. The van der Waals surface area contributed by atoms with Gasteiger partial charge in [0.05, 0.1) is 17.5 Å². The maximum Gasteiger partial charge on any atom is 0.326 e. The second-order valence-electron chi connectivity index (χ2n) is 6.45. The van der Waals surface area contributed by atoms with Gasteiger partial charge in [-0.3, -0.25) is 24.1 Å². The van der Waals surface area contributed by atoms with E-state index in [-0.39, 0.29) is 29.3 Å². The fraction of sp³-hybridized carbons (Fsp3) is 0.444. The van der Waals surface area contributed by atoms with Gasteiger partial charge in [-0.05, 0) is 25.0 Å². The molecule has 2 aliphatic rings. The zero-order chi connectivity index (χ0) is 18.7. The van der Waals surface area contributed by atoms with Crippen LogP contribution in [0.2, 0.25) is 0 Å². The molecule has 26 heavy (non-hydrogen) atoms. The molecule has 1 N–H and O–H groups in total. The summed E-state index contributed by atoms with van der Waals surface area (Å²) in [4.78, 5) is 49.1. The highest BCUT2D eigenvalue weighted by Crippen LogP contribution is 2.37. The number of para-hydroxylation sites is 1. The standard InChI is InChI=1S/C18H19FN2O5/c19-13-7-3-4-8-14(13)20-15(22)10-26-16(23)9-21-17(24)11-5-1-2-6-12(11)18(21)25/h3-4,7-8,11-12H,1-2,5-6,9-10H2,(H,20,22)/t11-,12+. The fourth-order valence-electron chi connectivity index (χ4n) is 3.46. The predicted molar refractivity (Wildman–Crippen MR) is 88.2 cm³/mol. The fourth-order valence-corrected chi connectivity index (χ4v) is 3.46. The Hall–Kier alpha value is -2.77. The Kier molecular flexibility index (Phi) is 5.29. The van der Waals surface area contributed by atoms with E-state index in [0.717, 1.165) is 17.7 Å². The number of nitrogens with one attached hydrogen (secondary N) is 1. The molecule has 0 radical (unpaired) electrons. The van der Waals surface area contributed by atoms with Gasteiger partial charge in [0, 0.05) is 0 Å². The Morgan fingerprint density at radius 1 is 1.12 bits per heavy atom. The molecule has 3 rings (SSSR count). The van der Waals surface area contributed by atoms with Crippen molar-refractivity contribution in [3.8, 4) is 0 Å². The molecule has 1 saturated carbocycles. The number of ether oxygens (including phenoxy) is 1. The third-order valence-electron chi connectivity index (χ3n) is 4.73. The number of imide groups is 1. The summed E-state index contributed by atoms with van der Waals surface area (Å²) in [6.07, 6.45) is 3.11. The van der Waals surface area contributed by atoms with Crippen molar-refractivity contribution in [2.45, 2.75) is 25.7 Å². The number of hydrogen-bond acceptors (Lipinski definition) is 5. The van der Waals surface area contributed by atoms with Crippen LogP contribution in [0.1, 0.15) is 25.7 Å². The van der Waals surface area contributed by atoms with Gasteiger partial charge < -0.3 is 10.1 Å². The molecule has 0 aromatic heterocycles. The van der Waals surface area contributed by atoms with Crippen molar-refractivity contribution in [1.29, 1.82) is 0 Å². The molecule has 3 amide bonds. The summed E-state index contributed by atoms with van der Waals surface area (Å²) in [6, 6.07) is 5.59. The first-order valence-corrected chi connectivity index (χ1v) is 8.52. The lowest BCUT2D eigenvalue weighted by molar-refractivity contribution is -0.154. The topological polar surface area (TPSA) is 92.8 Å². The van der Waals surface area contributed by atoms with Crippen LogP contribution in [0.5, 0.6) is 0 Å². The van der Waals surface area contributed by atoms with E-state index >= 15 is 0 Å². The number of likely N-dealkylation sites (tertiary alicyclic amines) is 1. The number of fused-ring (bicyclic) bond motifs is 1. The van der Waals surface area contributed by atoms with Gasteiger partial charge in [-0.2, -0.15) is 0 Å². The molecule has 1 aliphatic carbocycles. The van der Waals surface area contributed by atoms with E-state index in [2.05, 4.69) is 5.32 Å². The van der Waals surface area contributed by atoms with Crippen LogP contribution in [0.4, 0.5) is 10.1 Å². The third kappa shape index (κ3) is 3.74. The van der Waals surface area contributed by atoms with E-state index in [0.29, 0.717) is 12.8 Å². The van der Waals surface area contributed by atoms with E-state index < -0.39 is 30.8 Å². The largest absolute Gasteiger partial charge is 0.454 e. The molecule has 1 aromatic rings. The lowest BCUT2D eigenvalue weighted by Crippen LogP contribution is -2.37. The summed E-state index contributed by atoms with van der Waals surface area (Å²) in [5, 5.41) is 2.28. The second kappa shape index (κ2) is 7.63. The molecule has 1 aliphatic heterocycles. The van der Waals surface area contributed by atoms with Crippen LogP contribution in [0, 0.1) is 17.7 Å². The molecule has 0 unspecified atom stereocenters. The zero-order valence-corrected chi connectivity index (χ0v) is 14.1. The van der Waals surface area contributed by atoms with Gasteiger partial charge in [-0.15, -0.1) is 0 Å². The van der Waals surface area contributed by atoms with Crippen molar-refractivity contribution in [3.05, 3.63) is 30.1 Å². The minimum absolute atomic E-state index is 0.0254. The van der Waals surface area contributed by atoms with Gasteiger partial charge in [0.25, 0.3) is 5.91 Å². The first kappa shape index (κ1) is 18.0. The number of carbonyl (C=O) groups is 4. The number of rotatable bonds is 5. The van der Waals surface area contributed by atoms with Crippen LogP contribution >= 0.6 is 0 Å². The molecular formula is C18H19FN2O5. The highest BCUT2D eigenvalue weighted by atomic mass is 19.1. The van der Waals surface area contributed by atoms with Crippen molar-refractivity contribution in [2.24, 2.45) is 11.8 Å². The number of nitrogens with zero attached hydrogens (tertiary/aromatic N) is 1. The molecular weight excluding hydrogens is 343 g/mol. The SMILES string of the molecule is O=C(COC(=O)CN1C(=O)[C@H]2CCCC[C@H]2C1=O)Nc1ccccc1F. The van der Waals surface area contributed by atoms with Crippen molar-refractivity contribution in [1.82, 2.24) is 4.90 Å². The molecule has 0 spiro atoms. The lowest BCUT2D eigenvalue weighted by Gasteiger charge is -2.19. The van der Waals surface area contributed by atoms with E-state index in [9.17, 15) is 23.6 Å². The first-order valence-electron chi connectivity index (χ1n) is 8.52. The summed E-state index contributed by atoms with van der Waals surface area (Å²) in [5.74, 6) is -3.53. The third-order valence-corrected chi connectivity index (χ3v) is 4.73. The normalized spacial score (nSPS) is 22.1. The van der Waals surface area contributed by atoms with Crippen LogP contribution in [-0.2, 0) is 23.9 Å². The van der Waals surface area contributed by atoms with Crippen LogP contribution in [0.3, 0.4) is 0 Å². The number of halogens is 1. The monoisotopic (exact) mass is 362 g/mol. The Bertz CT molecular complexity index is 727. The number of carbonyl (C=O) groups excluding carboxylic acids is 4. The minimum atomic E-state index is -0.853. The minimum Gasteiger partial charge on any atom is -0.454 e. The number of benzene rings is 1. The Morgan fingerprint density at radius 2 is 1.73 bits per heavy atom. The predicted octanol–water partition coefficient (Wildman–Crippen LogP) is 1.48. The summed E-state index contributed by atoms with van der Waals surface area (Å²) < 4.78 is 18.3. The Balaban J connectivity index is 1.50.